The van der Waals surface area contributed by atoms with Crippen LogP contribution in [0.1, 0.15) is 40.0 Å². The molecule has 1 unspecified atom stereocenters. The van der Waals surface area contributed by atoms with Crippen molar-refractivity contribution >= 4 is 19.8 Å². The third kappa shape index (κ3) is 1.78. The van der Waals surface area contributed by atoms with Gasteiger partial charge in [-0.3, -0.25) is 9.59 Å². The van der Waals surface area contributed by atoms with Crippen LogP contribution in [-0.2, 0) is 23.8 Å². The number of carbonyl (C=O) groups excluding carboxylic acids is 2. The van der Waals surface area contributed by atoms with Gasteiger partial charge in [-0.05, 0) is 36.1 Å². The first-order valence-corrected chi connectivity index (χ1v) is 9.19. The van der Waals surface area contributed by atoms with Crippen molar-refractivity contribution in [1.29, 1.82) is 0 Å². The molecule has 5 nitrogen and oxygen atoms in total. The van der Waals surface area contributed by atoms with Crippen molar-refractivity contribution in [1.82, 2.24) is 0 Å². The Morgan fingerprint density at radius 3 is 2.62 bits per heavy atom. The van der Waals surface area contributed by atoms with Crippen molar-refractivity contribution in [2.45, 2.75) is 50.9 Å². The second-order valence-electron chi connectivity index (χ2n) is 9.16. The number of cyclic esters (lactones) is 1. The lowest BCUT2D eigenvalue weighted by Gasteiger charge is -2.71. The van der Waals surface area contributed by atoms with Crippen LogP contribution in [0, 0.1) is 28.6 Å². The molecule has 0 aromatic heterocycles. The van der Waals surface area contributed by atoms with Crippen LogP contribution >= 0.6 is 0 Å². The van der Waals surface area contributed by atoms with Crippen LogP contribution in [0.2, 0.25) is 5.31 Å². The molecule has 6 atom stereocenters. The minimum Gasteiger partial charge on any atom is -0.469 e. The van der Waals surface area contributed by atoms with Crippen molar-refractivity contribution in [2.75, 3.05) is 7.11 Å². The minimum absolute atomic E-state index is 0.0468. The fourth-order valence-electron chi connectivity index (χ4n) is 6.21. The Bertz CT molecular complexity index is 742. The van der Waals surface area contributed by atoms with E-state index in [-0.39, 0.29) is 29.2 Å². The van der Waals surface area contributed by atoms with Crippen molar-refractivity contribution in [3.05, 3.63) is 24.7 Å². The highest BCUT2D eigenvalue weighted by Crippen LogP contribution is 2.74. The maximum absolute atomic E-state index is 13.2. The minimum atomic E-state index is -1.17. The van der Waals surface area contributed by atoms with Crippen LogP contribution < -0.4 is 0 Å². The summed E-state index contributed by atoms with van der Waals surface area (Å²) >= 11 is 0. The second kappa shape index (κ2) is 4.96. The number of ether oxygens (including phenoxy) is 3. The standard InChI is InChI=1S/C20H25BO5/c1-6-18(4)8-7-12-17(2,3)11-9-19(21)10-13(24-5)25-16(23)14(18)20(12,19)26-15(11)22/h6,10-12,14H,1,7-9H2,2-5H3/t11-,12+,14+,18-,19?,20-/m1/s1. The van der Waals surface area contributed by atoms with Gasteiger partial charge in [-0.2, -0.15) is 0 Å². The molecule has 5 rings (SSSR count). The highest BCUT2D eigenvalue weighted by Gasteiger charge is 2.78. The first-order valence-electron chi connectivity index (χ1n) is 9.19. The molecule has 3 heterocycles. The van der Waals surface area contributed by atoms with E-state index in [2.05, 4.69) is 20.4 Å². The Balaban J connectivity index is 2.04. The summed E-state index contributed by atoms with van der Waals surface area (Å²) in [5.74, 6) is -1.77. The molecule has 26 heavy (non-hydrogen) atoms. The molecule has 3 aliphatic heterocycles. The molecule has 2 saturated heterocycles. The van der Waals surface area contributed by atoms with Gasteiger partial charge in [0.1, 0.15) is 11.5 Å². The van der Waals surface area contributed by atoms with E-state index >= 15 is 0 Å². The Hall–Kier alpha value is -1.72. The second-order valence-corrected chi connectivity index (χ2v) is 9.16. The number of fused-ring (bicyclic) bond motifs is 1. The lowest BCUT2D eigenvalue weighted by atomic mass is 9.33. The third-order valence-electron chi connectivity index (χ3n) is 7.68. The summed E-state index contributed by atoms with van der Waals surface area (Å²) in [6, 6.07) is 0. The number of esters is 2. The average molecular weight is 356 g/mol. The van der Waals surface area contributed by atoms with Gasteiger partial charge in [0.05, 0.1) is 20.9 Å². The predicted octanol–water partition coefficient (Wildman–Crippen LogP) is 2.92. The smallest absolute Gasteiger partial charge is 0.321 e. The van der Waals surface area contributed by atoms with E-state index in [0.29, 0.717) is 6.42 Å². The maximum Gasteiger partial charge on any atom is 0.321 e. The molecule has 4 fully saturated rings. The molecule has 1 spiro atoms. The first kappa shape index (κ1) is 17.7. The largest absolute Gasteiger partial charge is 0.469 e. The molecule has 2 bridgehead atoms. The van der Waals surface area contributed by atoms with E-state index in [9.17, 15) is 9.59 Å². The Kier molecular flexibility index (Phi) is 3.37. The summed E-state index contributed by atoms with van der Waals surface area (Å²) in [4.78, 5) is 26.1. The first-order chi connectivity index (χ1) is 12.1. The number of carbonyl (C=O) groups is 2. The van der Waals surface area contributed by atoms with Crippen molar-refractivity contribution in [3.8, 4) is 0 Å². The lowest BCUT2D eigenvalue weighted by molar-refractivity contribution is -0.274. The highest BCUT2D eigenvalue weighted by molar-refractivity contribution is 6.19. The monoisotopic (exact) mass is 356 g/mol. The summed E-state index contributed by atoms with van der Waals surface area (Å²) in [6.07, 6.45) is 5.40. The van der Waals surface area contributed by atoms with Gasteiger partial charge in [0, 0.05) is 11.3 Å². The van der Waals surface area contributed by atoms with Crippen molar-refractivity contribution in [2.24, 2.45) is 28.6 Å². The summed E-state index contributed by atoms with van der Waals surface area (Å²) in [5.41, 5.74) is -2.07. The normalized spacial score (nSPS) is 48.5. The number of methoxy groups -OCH3 is 1. The summed E-state index contributed by atoms with van der Waals surface area (Å²) in [5, 5.41) is -1.03. The fraction of sp³-hybridized carbons (Fsp3) is 0.700. The average Bonchev–Trinajstić information content (AvgIpc) is 2.65. The summed E-state index contributed by atoms with van der Waals surface area (Å²) in [7, 11) is 8.36. The molecule has 2 saturated carbocycles. The number of hydrogen-bond donors (Lipinski definition) is 0. The summed E-state index contributed by atoms with van der Waals surface area (Å²) < 4.78 is 16.9. The Morgan fingerprint density at radius 2 is 2.00 bits per heavy atom. The molecule has 2 aliphatic carbocycles. The molecule has 6 heteroatoms. The van der Waals surface area contributed by atoms with E-state index in [0.717, 1.165) is 12.8 Å². The van der Waals surface area contributed by atoms with Gasteiger partial charge >= 0.3 is 11.9 Å². The molecule has 0 amide bonds. The Morgan fingerprint density at radius 1 is 1.31 bits per heavy atom. The van der Waals surface area contributed by atoms with Crippen LogP contribution in [0.4, 0.5) is 0 Å². The van der Waals surface area contributed by atoms with E-state index in [4.69, 9.17) is 22.1 Å². The third-order valence-corrected chi connectivity index (χ3v) is 7.68. The van der Waals surface area contributed by atoms with Gasteiger partial charge in [-0.25, -0.2) is 0 Å². The number of rotatable bonds is 2. The number of hydrogen-bond acceptors (Lipinski definition) is 5. The highest BCUT2D eigenvalue weighted by atomic mass is 16.7. The zero-order valence-corrected chi connectivity index (χ0v) is 15.8. The van der Waals surface area contributed by atoms with Gasteiger partial charge in [0.15, 0.2) is 0 Å². The maximum atomic E-state index is 13.2. The fourth-order valence-corrected chi connectivity index (χ4v) is 6.21. The zero-order chi connectivity index (χ0) is 19.1. The van der Waals surface area contributed by atoms with Gasteiger partial charge < -0.3 is 14.2 Å². The van der Waals surface area contributed by atoms with Crippen molar-refractivity contribution < 1.29 is 23.8 Å². The lowest BCUT2D eigenvalue weighted by Crippen LogP contribution is -2.75. The zero-order valence-electron chi connectivity index (χ0n) is 15.8. The van der Waals surface area contributed by atoms with Crippen LogP contribution in [0.3, 0.4) is 0 Å². The van der Waals surface area contributed by atoms with Gasteiger partial charge in [-0.1, -0.05) is 26.8 Å². The topological polar surface area (TPSA) is 61.8 Å². The quantitative estimate of drug-likeness (QED) is 0.433. The molecule has 5 aliphatic rings. The van der Waals surface area contributed by atoms with E-state index < -0.39 is 28.2 Å². The van der Waals surface area contributed by atoms with Crippen molar-refractivity contribution in [3.63, 3.8) is 0 Å². The van der Waals surface area contributed by atoms with Crippen LogP contribution in [0.25, 0.3) is 0 Å². The molecular weight excluding hydrogens is 331 g/mol. The van der Waals surface area contributed by atoms with E-state index in [1.165, 1.54) is 7.11 Å². The van der Waals surface area contributed by atoms with Gasteiger partial charge in [-0.15, -0.1) is 6.58 Å². The summed E-state index contributed by atoms with van der Waals surface area (Å²) in [6.45, 7) is 10.1. The molecule has 138 valence electrons. The molecule has 0 aromatic rings. The predicted molar refractivity (Wildman–Crippen MR) is 94.9 cm³/mol. The van der Waals surface area contributed by atoms with Crippen LogP contribution in [-0.4, -0.2) is 32.5 Å². The molecule has 0 aromatic carbocycles. The van der Waals surface area contributed by atoms with Crippen LogP contribution in [0.5, 0.6) is 0 Å². The Labute approximate surface area is 155 Å². The van der Waals surface area contributed by atoms with Crippen LogP contribution in [0.15, 0.2) is 24.7 Å². The van der Waals surface area contributed by atoms with E-state index in [1.54, 1.807) is 12.2 Å². The number of allylic oxidation sites excluding steroid dienone is 1. The van der Waals surface area contributed by atoms with Gasteiger partial charge in [0.2, 0.25) is 0 Å². The van der Waals surface area contributed by atoms with Gasteiger partial charge in [0.25, 0.3) is 5.95 Å². The SMILES string of the molecule is [B]C12C=C(OC)OC(=O)[C@@H]3[C@@]14OC(=O)[C@@H](C2)C(C)(C)[C@@H]4CC[C@@]3(C)C=C. The molecule has 0 N–H and O–H groups in total. The van der Waals surface area contributed by atoms with E-state index in [1.807, 2.05) is 6.92 Å². The molecule has 2 radical (unpaired) electrons. The molecular formula is C20H25BO5.